The number of nitrogens with zero attached hydrogens (tertiary/aromatic N) is 1. The van der Waals surface area contributed by atoms with Crippen LogP contribution in [0.1, 0.15) is 85.1 Å². The summed E-state index contributed by atoms with van der Waals surface area (Å²) in [4.78, 5) is 30.3. The van der Waals surface area contributed by atoms with Crippen molar-refractivity contribution in [3.8, 4) is 11.5 Å². The summed E-state index contributed by atoms with van der Waals surface area (Å²) in [7, 11) is -4.20. The van der Waals surface area contributed by atoms with Gasteiger partial charge in [-0.15, -0.1) is 0 Å². The molecule has 7 nitrogen and oxygen atoms in total. The van der Waals surface area contributed by atoms with E-state index < -0.39 is 16.0 Å². The minimum Gasteiger partial charge on any atom is -0.490 e. The minimum absolute atomic E-state index is 0.0389. The Labute approximate surface area is 279 Å². The van der Waals surface area contributed by atoms with Crippen LogP contribution in [0.3, 0.4) is 0 Å². The van der Waals surface area contributed by atoms with E-state index in [1.807, 2.05) is 28.7 Å². The Bertz CT molecular complexity index is 1640. The third-order valence-electron chi connectivity index (χ3n) is 8.43. The van der Waals surface area contributed by atoms with Crippen molar-refractivity contribution in [2.24, 2.45) is 10.8 Å². The molecule has 0 spiro atoms. The first kappa shape index (κ1) is 33.0. The maximum absolute atomic E-state index is 14.1. The van der Waals surface area contributed by atoms with E-state index in [0.29, 0.717) is 38.1 Å². The number of hydrogen-bond donors (Lipinski definition) is 0. The highest BCUT2D eigenvalue weighted by molar-refractivity contribution is 14.1. The average molecular weight is 752 g/mol. The fraction of sp³-hybridized carbons (Fsp3) is 0.471. The van der Waals surface area contributed by atoms with Crippen molar-refractivity contribution in [1.29, 1.82) is 0 Å². The molecule has 0 amide bonds. The number of benzene rings is 2. The molecule has 2 aromatic carbocycles. The first-order chi connectivity index (χ1) is 20.6. The van der Waals surface area contributed by atoms with Crippen molar-refractivity contribution in [3.63, 3.8) is 0 Å². The Morgan fingerprint density at radius 3 is 1.95 bits per heavy atom. The van der Waals surface area contributed by atoms with Gasteiger partial charge in [0.2, 0.25) is 0 Å². The second-order valence-corrected chi connectivity index (χ2v) is 16.6. The lowest BCUT2D eigenvalue weighted by Crippen LogP contribution is -2.44. The Morgan fingerprint density at radius 2 is 1.45 bits per heavy atom. The van der Waals surface area contributed by atoms with Crippen molar-refractivity contribution in [2.75, 3.05) is 13.2 Å². The summed E-state index contributed by atoms with van der Waals surface area (Å²) in [5, 5.41) is 0.409. The van der Waals surface area contributed by atoms with Crippen LogP contribution in [0.2, 0.25) is 5.02 Å². The second-order valence-electron chi connectivity index (χ2n) is 13.4. The summed E-state index contributed by atoms with van der Waals surface area (Å²) in [6.45, 7) is 13.4. The topological polar surface area (TPSA) is 90.0 Å². The molecule has 44 heavy (non-hydrogen) atoms. The number of allylic oxidation sites excluding steroid dienone is 4. The minimum atomic E-state index is -4.20. The molecule has 0 saturated carbocycles. The van der Waals surface area contributed by atoms with Gasteiger partial charge >= 0.3 is 10.1 Å². The van der Waals surface area contributed by atoms with Gasteiger partial charge in [0.15, 0.2) is 23.1 Å². The normalized spacial score (nSPS) is 20.0. The SMILES string of the molecule is CCCN1C2=C(C(=O)CC(C)(C)C2)C(c2cc(I)c(OS(=O)(=O)c3ccc(Cl)cc3)c(OCC)c2)C2=C1CC(C)(C)CC2=O. The molecule has 0 aromatic heterocycles. The zero-order valence-electron chi connectivity index (χ0n) is 26.1. The number of halogens is 2. The van der Waals surface area contributed by atoms with E-state index in [1.54, 1.807) is 13.0 Å². The smallest absolute Gasteiger partial charge is 0.339 e. The summed E-state index contributed by atoms with van der Waals surface area (Å²) in [6.07, 6.45) is 3.11. The van der Waals surface area contributed by atoms with Gasteiger partial charge in [-0.1, -0.05) is 46.2 Å². The van der Waals surface area contributed by atoms with Gasteiger partial charge in [0.25, 0.3) is 0 Å². The molecule has 1 heterocycles. The summed E-state index contributed by atoms with van der Waals surface area (Å²) < 4.78 is 38.7. The third-order valence-corrected chi connectivity index (χ3v) is 10.7. The van der Waals surface area contributed by atoms with Crippen molar-refractivity contribution >= 4 is 55.9 Å². The monoisotopic (exact) mass is 751 g/mol. The van der Waals surface area contributed by atoms with E-state index in [0.717, 1.165) is 37.2 Å². The van der Waals surface area contributed by atoms with Gasteiger partial charge in [0.05, 0.1) is 10.2 Å². The van der Waals surface area contributed by atoms with E-state index in [1.165, 1.54) is 24.3 Å². The molecule has 2 aromatic rings. The Morgan fingerprint density at radius 1 is 0.909 bits per heavy atom. The van der Waals surface area contributed by atoms with E-state index in [2.05, 4.69) is 39.5 Å². The fourth-order valence-electron chi connectivity index (χ4n) is 6.73. The number of Topliss-reactive ketones (excluding diaryl/α,β-unsaturated/α-hetero) is 2. The molecule has 3 aliphatic rings. The number of ketones is 2. The quantitative estimate of drug-likeness (QED) is 0.199. The highest BCUT2D eigenvalue weighted by Gasteiger charge is 2.49. The van der Waals surface area contributed by atoms with Crippen LogP contribution in [-0.4, -0.2) is 38.0 Å². The number of rotatable bonds is 8. The second kappa shape index (κ2) is 12.1. The summed E-state index contributed by atoms with van der Waals surface area (Å²) >= 11 is 8.01. The van der Waals surface area contributed by atoms with Crippen LogP contribution in [0.4, 0.5) is 0 Å². The molecule has 0 unspecified atom stereocenters. The Hall–Kier alpha value is -2.37. The van der Waals surface area contributed by atoms with Gasteiger partial charge in [-0.25, -0.2) is 0 Å². The first-order valence-electron chi connectivity index (χ1n) is 15.0. The molecule has 2 aliphatic carbocycles. The van der Waals surface area contributed by atoms with E-state index in [4.69, 9.17) is 20.5 Å². The van der Waals surface area contributed by atoms with Crippen LogP contribution in [-0.2, 0) is 19.7 Å². The van der Waals surface area contributed by atoms with Crippen LogP contribution >= 0.6 is 34.2 Å². The summed E-state index contributed by atoms with van der Waals surface area (Å²) in [5.41, 5.74) is 3.64. The molecule has 0 fully saturated rings. The molecule has 0 saturated heterocycles. The lowest BCUT2D eigenvalue weighted by atomic mass is 9.63. The van der Waals surface area contributed by atoms with Crippen LogP contribution in [0.15, 0.2) is 63.8 Å². The lowest BCUT2D eigenvalue weighted by Gasteiger charge is -2.49. The van der Waals surface area contributed by atoms with Crippen molar-refractivity contribution < 1.29 is 26.9 Å². The number of ether oxygens (including phenoxy) is 1. The van der Waals surface area contributed by atoms with Crippen LogP contribution < -0.4 is 8.92 Å². The molecular formula is C34H39ClINO6S. The van der Waals surface area contributed by atoms with Crippen molar-refractivity contribution in [2.45, 2.75) is 84.5 Å². The average Bonchev–Trinajstić information content (AvgIpc) is 2.90. The number of hydrogen-bond acceptors (Lipinski definition) is 7. The summed E-state index contributed by atoms with van der Waals surface area (Å²) in [6, 6.07) is 9.32. The van der Waals surface area contributed by atoms with Gasteiger partial charge in [-0.05, 0) is 102 Å². The van der Waals surface area contributed by atoms with Gasteiger partial charge in [0, 0.05) is 52.9 Å². The van der Waals surface area contributed by atoms with E-state index in [9.17, 15) is 18.0 Å². The first-order valence-corrected chi connectivity index (χ1v) is 17.9. The zero-order chi connectivity index (χ0) is 32.2. The van der Waals surface area contributed by atoms with Crippen LogP contribution in [0.5, 0.6) is 11.5 Å². The van der Waals surface area contributed by atoms with Crippen LogP contribution in [0.25, 0.3) is 0 Å². The maximum atomic E-state index is 14.1. The largest absolute Gasteiger partial charge is 0.490 e. The Balaban J connectivity index is 1.71. The zero-order valence-corrected chi connectivity index (χ0v) is 29.8. The standard InChI is InChI=1S/C34H39ClINO6S/c1-7-13-37-24-16-33(3,4)18-26(38)30(24)29(31-25(37)17-34(5,6)19-27(31)39)20-14-23(36)32(28(15-20)42-8-2)43-44(40,41)22-11-9-21(35)10-12-22/h9-12,14-15,29H,7-8,13,16-19H2,1-6H3. The summed E-state index contributed by atoms with van der Waals surface area (Å²) in [5.74, 6) is -0.185. The third kappa shape index (κ3) is 6.33. The van der Waals surface area contributed by atoms with Crippen molar-refractivity contribution in [3.05, 3.63) is 73.1 Å². The van der Waals surface area contributed by atoms with Gasteiger partial charge < -0.3 is 13.8 Å². The highest BCUT2D eigenvalue weighted by Crippen LogP contribution is 2.55. The van der Waals surface area contributed by atoms with E-state index in [-0.39, 0.29) is 45.4 Å². The predicted molar refractivity (Wildman–Crippen MR) is 179 cm³/mol. The van der Waals surface area contributed by atoms with Gasteiger partial charge in [-0.3, -0.25) is 9.59 Å². The predicted octanol–water partition coefficient (Wildman–Crippen LogP) is 8.21. The fourth-order valence-corrected chi connectivity index (χ4v) is 8.70. The van der Waals surface area contributed by atoms with Crippen molar-refractivity contribution in [1.82, 2.24) is 4.90 Å². The molecule has 0 radical (unpaired) electrons. The molecule has 1 aliphatic heterocycles. The Kier molecular flexibility index (Phi) is 9.07. The number of carbonyl (C=O) groups is 2. The van der Waals surface area contributed by atoms with Gasteiger partial charge in [-0.2, -0.15) is 8.42 Å². The van der Waals surface area contributed by atoms with Gasteiger partial charge in [0.1, 0.15) is 4.90 Å². The highest BCUT2D eigenvalue weighted by atomic mass is 127. The molecule has 236 valence electrons. The molecule has 0 bridgehead atoms. The van der Waals surface area contributed by atoms with Crippen LogP contribution in [0, 0.1) is 14.4 Å². The molecule has 0 N–H and O–H groups in total. The maximum Gasteiger partial charge on any atom is 0.339 e. The lowest BCUT2D eigenvalue weighted by molar-refractivity contribution is -0.119. The molecule has 0 atom stereocenters. The molecule has 10 heteroatoms. The van der Waals surface area contributed by atoms with E-state index >= 15 is 0 Å². The molecule has 5 rings (SSSR count). The number of carbonyl (C=O) groups excluding carboxylic acids is 2. The molecular weight excluding hydrogens is 713 g/mol.